The SMILES string of the molecule is CCC(C(=O)C(C)(C)C)c1c(OC)cccc1OC. The van der Waals surface area contributed by atoms with Crippen molar-refractivity contribution >= 4 is 5.78 Å². The zero-order chi connectivity index (χ0) is 14.6. The number of ether oxygens (including phenoxy) is 2. The van der Waals surface area contributed by atoms with Crippen LogP contribution >= 0.6 is 0 Å². The molecule has 0 spiro atoms. The Labute approximate surface area is 115 Å². The van der Waals surface area contributed by atoms with Gasteiger partial charge in [-0.3, -0.25) is 4.79 Å². The van der Waals surface area contributed by atoms with Gasteiger partial charge in [0.1, 0.15) is 17.3 Å². The van der Waals surface area contributed by atoms with Gasteiger partial charge in [-0.1, -0.05) is 33.8 Å². The molecule has 3 nitrogen and oxygen atoms in total. The van der Waals surface area contributed by atoms with Gasteiger partial charge in [0.2, 0.25) is 0 Å². The van der Waals surface area contributed by atoms with E-state index in [9.17, 15) is 4.79 Å². The highest BCUT2D eigenvalue weighted by Gasteiger charge is 2.33. The quantitative estimate of drug-likeness (QED) is 0.811. The first-order valence-electron chi connectivity index (χ1n) is 6.62. The summed E-state index contributed by atoms with van der Waals surface area (Å²) < 4.78 is 10.8. The third-order valence-electron chi connectivity index (χ3n) is 3.28. The number of rotatable bonds is 5. The second-order valence-electron chi connectivity index (χ2n) is 5.65. The molecule has 1 rings (SSSR count). The van der Waals surface area contributed by atoms with Crippen LogP contribution in [0, 0.1) is 5.41 Å². The van der Waals surface area contributed by atoms with Crippen LogP contribution < -0.4 is 9.47 Å². The largest absolute Gasteiger partial charge is 0.496 e. The maximum absolute atomic E-state index is 12.6. The first-order chi connectivity index (χ1) is 8.86. The first-order valence-corrected chi connectivity index (χ1v) is 6.62. The van der Waals surface area contributed by atoms with Gasteiger partial charge >= 0.3 is 0 Å². The van der Waals surface area contributed by atoms with Gasteiger partial charge in [0.05, 0.1) is 20.1 Å². The summed E-state index contributed by atoms with van der Waals surface area (Å²) in [5.74, 6) is 1.43. The maximum Gasteiger partial charge on any atom is 0.145 e. The lowest BCUT2D eigenvalue weighted by atomic mass is 9.78. The van der Waals surface area contributed by atoms with E-state index in [2.05, 4.69) is 0 Å². The standard InChI is InChI=1S/C16H24O3/c1-7-11(15(17)16(2,3)4)14-12(18-5)9-8-10-13(14)19-6/h8-11H,7H2,1-6H3. The summed E-state index contributed by atoms with van der Waals surface area (Å²) in [6.45, 7) is 7.85. The summed E-state index contributed by atoms with van der Waals surface area (Å²) in [4.78, 5) is 12.6. The van der Waals surface area contributed by atoms with Gasteiger partial charge in [-0.2, -0.15) is 0 Å². The van der Waals surface area contributed by atoms with Crippen molar-refractivity contribution < 1.29 is 14.3 Å². The van der Waals surface area contributed by atoms with Crippen molar-refractivity contribution in [2.24, 2.45) is 5.41 Å². The molecule has 0 aliphatic carbocycles. The fourth-order valence-corrected chi connectivity index (χ4v) is 2.27. The molecule has 0 heterocycles. The number of hydrogen-bond donors (Lipinski definition) is 0. The molecule has 0 aliphatic heterocycles. The monoisotopic (exact) mass is 264 g/mol. The third-order valence-corrected chi connectivity index (χ3v) is 3.28. The number of benzene rings is 1. The normalized spacial score (nSPS) is 12.9. The molecule has 0 N–H and O–H groups in total. The Morgan fingerprint density at radius 2 is 1.63 bits per heavy atom. The second kappa shape index (κ2) is 6.09. The van der Waals surface area contributed by atoms with Crippen LogP contribution in [-0.2, 0) is 4.79 Å². The Morgan fingerprint density at radius 1 is 1.16 bits per heavy atom. The van der Waals surface area contributed by atoms with Gasteiger partial charge in [-0.15, -0.1) is 0 Å². The molecule has 1 aromatic rings. The first kappa shape index (κ1) is 15.5. The molecular formula is C16H24O3. The van der Waals surface area contributed by atoms with Gasteiger partial charge < -0.3 is 9.47 Å². The highest BCUT2D eigenvalue weighted by molar-refractivity contribution is 5.91. The van der Waals surface area contributed by atoms with E-state index < -0.39 is 0 Å². The molecule has 1 unspecified atom stereocenters. The Kier molecular flexibility index (Phi) is 4.98. The predicted molar refractivity (Wildman–Crippen MR) is 77.0 cm³/mol. The number of methoxy groups -OCH3 is 2. The van der Waals surface area contributed by atoms with Crippen LogP contribution in [0.15, 0.2) is 18.2 Å². The van der Waals surface area contributed by atoms with Crippen LogP contribution in [0.3, 0.4) is 0 Å². The van der Waals surface area contributed by atoms with E-state index >= 15 is 0 Å². The molecule has 0 bridgehead atoms. The summed E-state index contributed by atoms with van der Waals surface area (Å²) in [7, 11) is 3.24. The summed E-state index contributed by atoms with van der Waals surface area (Å²) >= 11 is 0. The Balaban J connectivity index is 3.36. The number of ketones is 1. The molecule has 0 amide bonds. The molecule has 3 heteroatoms. The number of hydrogen-bond acceptors (Lipinski definition) is 3. The van der Waals surface area contributed by atoms with Crippen molar-refractivity contribution in [1.82, 2.24) is 0 Å². The highest BCUT2D eigenvalue weighted by atomic mass is 16.5. The zero-order valence-corrected chi connectivity index (χ0v) is 12.7. The second-order valence-corrected chi connectivity index (χ2v) is 5.65. The van der Waals surface area contributed by atoms with E-state index in [1.807, 2.05) is 45.9 Å². The molecule has 0 saturated carbocycles. The smallest absolute Gasteiger partial charge is 0.145 e. The third kappa shape index (κ3) is 3.28. The van der Waals surface area contributed by atoms with Crippen molar-refractivity contribution in [2.45, 2.75) is 40.0 Å². The van der Waals surface area contributed by atoms with E-state index in [-0.39, 0.29) is 17.1 Å². The number of Topliss-reactive ketones (excluding diaryl/α,β-unsaturated/α-hetero) is 1. The van der Waals surface area contributed by atoms with Gasteiger partial charge in [0, 0.05) is 11.0 Å². The van der Waals surface area contributed by atoms with Crippen molar-refractivity contribution in [3.63, 3.8) is 0 Å². The fraction of sp³-hybridized carbons (Fsp3) is 0.562. The lowest BCUT2D eigenvalue weighted by Crippen LogP contribution is -2.27. The molecule has 0 aliphatic rings. The molecule has 0 saturated heterocycles. The van der Waals surface area contributed by atoms with Crippen molar-refractivity contribution in [3.8, 4) is 11.5 Å². The van der Waals surface area contributed by atoms with Crippen molar-refractivity contribution in [2.75, 3.05) is 14.2 Å². The zero-order valence-electron chi connectivity index (χ0n) is 12.7. The van der Waals surface area contributed by atoms with Crippen LogP contribution in [0.1, 0.15) is 45.6 Å². The summed E-state index contributed by atoms with van der Waals surface area (Å²) in [6.07, 6.45) is 0.729. The maximum atomic E-state index is 12.6. The Hall–Kier alpha value is -1.51. The Morgan fingerprint density at radius 3 is 1.95 bits per heavy atom. The molecule has 0 fully saturated rings. The van der Waals surface area contributed by atoms with Crippen LogP contribution in [0.25, 0.3) is 0 Å². The van der Waals surface area contributed by atoms with Crippen LogP contribution in [0.2, 0.25) is 0 Å². The predicted octanol–water partition coefficient (Wildman–Crippen LogP) is 3.81. The molecule has 0 aromatic heterocycles. The number of carbonyl (C=O) groups excluding carboxylic acids is 1. The topological polar surface area (TPSA) is 35.5 Å². The highest BCUT2D eigenvalue weighted by Crippen LogP contribution is 2.40. The van der Waals surface area contributed by atoms with E-state index in [1.165, 1.54) is 0 Å². The van der Waals surface area contributed by atoms with Gasteiger partial charge in [-0.05, 0) is 18.6 Å². The molecule has 1 aromatic carbocycles. The van der Waals surface area contributed by atoms with E-state index in [1.54, 1.807) is 14.2 Å². The van der Waals surface area contributed by atoms with E-state index in [0.29, 0.717) is 11.5 Å². The molecule has 0 radical (unpaired) electrons. The van der Waals surface area contributed by atoms with Crippen molar-refractivity contribution in [3.05, 3.63) is 23.8 Å². The molecular weight excluding hydrogens is 240 g/mol. The lowest BCUT2D eigenvalue weighted by molar-refractivity contribution is -0.128. The van der Waals surface area contributed by atoms with Gasteiger partial charge in [0.15, 0.2) is 0 Å². The molecule has 1 atom stereocenters. The minimum atomic E-state index is -0.382. The Bertz CT molecular complexity index is 422. The lowest BCUT2D eigenvalue weighted by Gasteiger charge is -2.26. The minimum Gasteiger partial charge on any atom is -0.496 e. The summed E-state index contributed by atoms with van der Waals surface area (Å²) in [5, 5.41) is 0. The molecule has 19 heavy (non-hydrogen) atoms. The van der Waals surface area contributed by atoms with Gasteiger partial charge in [0.25, 0.3) is 0 Å². The summed E-state index contributed by atoms with van der Waals surface area (Å²) in [5.41, 5.74) is 0.474. The van der Waals surface area contributed by atoms with E-state index in [4.69, 9.17) is 9.47 Å². The average molecular weight is 264 g/mol. The fourth-order valence-electron chi connectivity index (χ4n) is 2.27. The van der Waals surface area contributed by atoms with Crippen LogP contribution in [0.5, 0.6) is 11.5 Å². The van der Waals surface area contributed by atoms with Crippen molar-refractivity contribution in [1.29, 1.82) is 0 Å². The number of carbonyl (C=O) groups is 1. The minimum absolute atomic E-state index is 0.203. The average Bonchev–Trinajstić information content (AvgIpc) is 2.38. The van der Waals surface area contributed by atoms with Gasteiger partial charge in [-0.25, -0.2) is 0 Å². The molecule has 106 valence electrons. The van der Waals surface area contributed by atoms with Crippen LogP contribution in [-0.4, -0.2) is 20.0 Å². The van der Waals surface area contributed by atoms with Crippen LogP contribution in [0.4, 0.5) is 0 Å². The summed E-state index contributed by atoms with van der Waals surface area (Å²) in [6, 6.07) is 5.61. The van der Waals surface area contributed by atoms with E-state index in [0.717, 1.165) is 12.0 Å².